The van der Waals surface area contributed by atoms with Gasteiger partial charge in [-0.3, -0.25) is 9.69 Å². The Labute approximate surface area is 158 Å². The summed E-state index contributed by atoms with van der Waals surface area (Å²) in [6.07, 6.45) is 2.09. The lowest BCUT2D eigenvalue weighted by atomic mass is 10.2. The SMILES string of the molecule is C[C@@H](C(=O)NC1CC1)N1CCN(S(=O)(=O)c2c(Cl)cccc2Cl)CC1. The Hall–Kier alpha value is -0.860. The highest BCUT2D eigenvalue weighted by atomic mass is 35.5. The first kappa shape index (κ1) is 18.9. The van der Waals surface area contributed by atoms with Crippen molar-refractivity contribution in [1.29, 1.82) is 0 Å². The number of hydrogen-bond acceptors (Lipinski definition) is 4. The second-order valence-electron chi connectivity index (χ2n) is 6.45. The molecule has 1 heterocycles. The van der Waals surface area contributed by atoms with Crippen molar-refractivity contribution >= 4 is 39.1 Å². The van der Waals surface area contributed by atoms with Crippen molar-refractivity contribution in [2.75, 3.05) is 26.2 Å². The summed E-state index contributed by atoms with van der Waals surface area (Å²) < 4.78 is 27.1. The lowest BCUT2D eigenvalue weighted by Crippen LogP contribution is -2.55. The monoisotopic (exact) mass is 405 g/mol. The summed E-state index contributed by atoms with van der Waals surface area (Å²) in [5, 5.41) is 3.22. The maximum atomic E-state index is 12.9. The first-order valence-corrected chi connectivity index (χ1v) is 10.5. The van der Waals surface area contributed by atoms with Gasteiger partial charge < -0.3 is 5.32 Å². The molecule has 1 amide bonds. The smallest absolute Gasteiger partial charge is 0.246 e. The van der Waals surface area contributed by atoms with Gasteiger partial charge in [0.15, 0.2) is 0 Å². The summed E-state index contributed by atoms with van der Waals surface area (Å²) in [7, 11) is -3.76. The number of rotatable bonds is 5. The van der Waals surface area contributed by atoms with Gasteiger partial charge in [0.05, 0.1) is 16.1 Å². The topological polar surface area (TPSA) is 69.7 Å². The van der Waals surface area contributed by atoms with Crippen molar-refractivity contribution in [2.24, 2.45) is 0 Å². The zero-order valence-corrected chi connectivity index (χ0v) is 16.2. The van der Waals surface area contributed by atoms with Crippen molar-refractivity contribution in [3.05, 3.63) is 28.2 Å². The quantitative estimate of drug-likeness (QED) is 0.812. The highest BCUT2D eigenvalue weighted by Gasteiger charge is 2.35. The zero-order valence-electron chi connectivity index (χ0n) is 13.9. The fourth-order valence-electron chi connectivity index (χ4n) is 2.90. The molecule has 138 valence electrons. The zero-order chi connectivity index (χ0) is 18.2. The van der Waals surface area contributed by atoms with Gasteiger partial charge in [-0.2, -0.15) is 4.31 Å². The molecule has 6 nitrogen and oxygen atoms in total. The Morgan fingerprint density at radius 1 is 1.16 bits per heavy atom. The minimum atomic E-state index is -3.76. The summed E-state index contributed by atoms with van der Waals surface area (Å²) in [5.41, 5.74) is 0. The number of sulfonamides is 1. The van der Waals surface area contributed by atoms with Crippen molar-refractivity contribution in [2.45, 2.75) is 36.7 Å². The van der Waals surface area contributed by atoms with Gasteiger partial charge >= 0.3 is 0 Å². The highest BCUT2D eigenvalue weighted by Crippen LogP contribution is 2.32. The molecular formula is C16H21Cl2N3O3S. The number of hydrogen-bond donors (Lipinski definition) is 1. The van der Waals surface area contributed by atoms with Crippen LogP contribution in [0, 0.1) is 0 Å². The molecule has 1 N–H and O–H groups in total. The summed E-state index contributed by atoms with van der Waals surface area (Å²) in [4.78, 5) is 14.1. The third-order valence-corrected chi connectivity index (χ3v) is 7.50. The van der Waals surface area contributed by atoms with Gasteiger partial charge in [-0.1, -0.05) is 29.3 Å². The van der Waals surface area contributed by atoms with Gasteiger partial charge in [0.25, 0.3) is 0 Å². The molecule has 2 fully saturated rings. The molecule has 0 aromatic heterocycles. The Morgan fingerprint density at radius 2 is 1.72 bits per heavy atom. The molecule has 1 aliphatic carbocycles. The Balaban J connectivity index is 1.66. The molecule has 1 saturated heterocycles. The van der Waals surface area contributed by atoms with Crippen molar-refractivity contribution < 1.29 is 13.2 Å². The number of carbonyl (C=O) groups excluding carboxylic acids is 1. The molecule has 1 aromatic rings. The summed E-state index contributed by atoms with van der Waals surface area (Å²) >= 11 is 12.1. The molecule has 0 spiro atoms. The number of nitrogens with one attached hydrogen (secondary N) is 1. The predicted octanol–water partition coefficient (Wildman–Crippen LogP) is 1.97. The molecule has 25 heavy (non-hydrogen) atoms. The molecule has 0 radical (unpaired) electrons. The van der Waals surface area contributed by atoms with Crippen LogP contribution in [-0.2, 0) is 14.8 Å². The largest absolute Gasteiger partial charge is 0.352 e. The van der Waals surface area contributed by atoms with E-state index in [9.17, 15) is 13.2 Å². The third kappa shape index (κ3) is 4.11. The van der Waals surface area contributed by atoms with E-state index >= 15 is 0 Å². The molecule has 2 aliphatic rings. The van der Waals surface area contributed by atoms with E-state index in [0.717, 1.165) is 12.8 Å². The van der Waals surface area contributed by atoms with E-state index in [1.54, 1.807) is 6.07 Å². The molecule has 0 unspecified atom stereocenters. The number of piperazine rings is 1. The number of benzene rings is 1. The number of carbonyl (C=O) groups is 1. The minimum absolute atomic E-state index is 0.00737. The van der Waals surface area contributed by atoms with E-state index in [-0.39, 0.29) is 26.9 Å². The molecular weight excluding hydrogens is 385 g/mol. The van der Waals surface area contributed by atoms with Crippen LogP contribution in [0.4, 0.5) is 0 Å². The van der Waals surface area contributed by atoms with Crippen LogP contribution in [0.5, 0.6) is 0 Å². The van der Waals surface area contributed by atoms with Crippen LogP contribution in [0.15, 0.2) is 23.1 Å². The van der Waals surface area contributed by atoms with Crippen LogP contribution in [0.1, 0.15) is 19.8 Å². The van der Waals surface area contributed by atoms with Gasteiger partial charge in [0.2, 0.25) is 15.9 Å². The molecule has 1 saturated carbocycles. The average Bonchev–Trinajstić information content (AvgIpc) is 3.38. The van der Waals surface area contributed by atoms with Gasteiger partial charge in [0, 0.05) is 32.2 Å². The first-order valence-electron chi connectivity index (χ1n) is 8.29. The standard InChI is InChI=1S/C16H21Cl2N3O3S/c1-11(16(22)19-12-5-6-12)20-7-9-21(10-8-20)25(23,24)15-13(17)3-2-4-14(15)18/h2-4,11-12H,5-10H2,1H3,(H,19,22)/t11-/m0/s1. The van der Waals surface area contributed by atoms with Crippen LogP contribution in [0.25, 0.3) is 0 Å². The van der Waals surface area contributed by atoms with E-state index in [1.165, 1.54) is 16.4 Å². The van der Waals surface area contributed by atoms with Crippen LogP contribution in [-0.4, -0.2) is 61.8 Å². The summed E-state index contributed by atoms with van der Waals surface area (Å²) in [6, 6.07) is 4.69. The number of halogens is 2. The molecule has 9 heteroatoms. The van der Waals surface area contributed by atoms with E-state index in [2.05, 4.69) is 5.32 Å². The predicted molar refractivity (Wildman–Crippen MR) is 97.4 cm³/mol. The maximum Gasteiger partial charge on any atom is 0.246 e. The van der Waals surface area contributed by atoms with Crippen LogP contribution < -0.4 is 5.32 Å². The minimum Gasteiger partial charge on any atom is -0.352 e. The second kappa shape index (κ2) is 7.40. The van der Waals surface area contributed by atoms with Crippen LogP contribution in [0.2, 0.25) is 10.0 Å². The van der Waals surface area contributed by atoms with Crippen molar-refractivity contribution in [3.63, 3.8) is 0 Å². The number of nitrogens with zero attached hydrogens (tertiary/aromatic N) is 2. The molecule has 1 atom stereocenters. The third-order valence-electron chi connectivity index (χ3n) is 4.64. The Kier molecular flexibility index (Phi) is 5.60. The number of amides is 1. The van der Waals surface area contributed by atoms with Crippen molar-refractivity contribution in [1.82, 2.24) is 14.5 Å². The first-order chi connectivity index (χ1) is 11.8. The van der Waals surface area contributed by atoms with E-state index < -0.39 is 10.0 Å². The van der Waals surface area contributed by atoms with Crippen LogP contribution >= 0.6 is 23.2 Å². The molecule has 3 rings (SSSR count). The maximum absolute atomic E-state index is 12.9. The fraction of sp³-hybridized carbons (Fsp3) is 0.562. The lowest BCUT2D eigenvalue weighted by molar-refractivity contribution is -0.126. The lowest BCUT2D eigenvalue weighted by Gasteiger charge is -2.36. The fourth-order valence-corrected chi connectivity index (χ4v) is 5.42. The molecule has 0 bridgehead atoms. The van der Waals surface area contributed by atoms with E-state index in [1.807, 2.05) is 11.8 Å². The Bertz CT molecular complexity index is 740. The summed E-state index contributed by atoms with van der Waals surface area (Å²) in [6.45, 7) is 3.42. The highest BCUT2D eigenvalue weighted by molar-refractivity contribution is 7.89. The van der Waals surface area contributed by atoms with Crippen LogP contribution in [0.3, 0.4) is 0 Å². The Morgan fingerprint density at radius 3 is 2.24 bits per heavy atom. The second-order valence-corrected chi connectivity index (χ2v) is 9.14. The average molecular weight is 406 g/mol. The van der Waals surface area contributed by atoms with Crippen molar-refractivity contribution in [3.8, 4) is 0 Å². The molecule has 1 aromatic carbocycles. The van der Waals surface area contributed by atoms with E-state index in [0.29, 0.717) is 32.2 Å². The molecule has 1 aliphatic heterocycles. The summed E-state index contributed by atoms with van der Waals surface area (Å²) in [5.74, 6) is 0.00737. The normalized spacial score (nSPS) is 21.1. The van der Waals surface area contributed by atoms with Gasteiger partial charge in [-0.15, -0.1) is 0 Å². The van der Waals surface area contributed by atoms with Gasteiger partial charge in [-0.05, 0) is 31.9 Å². The van der Waals surface area contributed by atoms with E-state index in [4.69, 9.17) is 23.2 Å². The van der Waals surface area contributed by atoms with Gasteiger partial charge in [-0.25, -0.2) is 8.42 Å². The van der Waals surface area contributed by atoms with Gasteiger partial charge in [0.1, 0.15) is 4.90 Å².